The summed E-state index contributed by atoms with van der Waals surface area (Å²) >= 11 is 3.81. The molecule has 0 atom stereocenters. The van der Waals surface area contributed by atoms with Crippen LogP contribution in [0.4, 0.5) is 5.69 Å². The van der Waals surface area contributed by atoms with Gasteiger partial charge in [-0.1, -0.05) is 6.07 Å². The molecule has 0 unspecified atom stereocenters. The van der Waals surface area contributed by atoms with E-state index in [0.717, 1.165) is 0 Å². The first kappa shape index (κ1) is 18.0. The van der Waals surface area contributed by atoms with E-state index in [2.05, 4.69) is 23.3 Å². The summed E-state index contributed by atoms with van der Waals surface area (Å²) in [6, 6.07) is 6.19. The Bertz CT molecular complexity index is 482. The predicted octanol–water partition coefficient (Wildman–Crippen LogP) is -0.279. The summed E-state index contributed by atoms with van der Waals surface area (Å²) in [5.41, 5.74) is 0.727. The van der Waals surface area contributed by atoms with Crippen molar-refractivity contribution in [1.82, 2.24) is 5.32 Å². The summed E-state index contributed by atoms with van der Waals surface area (Å²) in [7, 11) is 0. The number of carbonyl (C=O) groups is 3. The number of benzene rings is 1. The predicted molar refractivity (Wildman–Crippen MR) is 76.0 cm³/mol. The summed E-state index contributed by atoms with van der Waals surface area (Å²) in [5, 5.41) is 13.2. The fourth-order valence-electron chi connectivity index (χ4n) is 1.20. The van der Waals surface area contributed by atoms with Crippen molar-refractivity contribution < 1.29 is 19.5 Å². The van der Waals surface area contributed by atoms with Crippen molar-refractivity contribution in [3.8, 4) is 0 Å². The van der Waals surface area contributed by atoms with Crippen molar-refractivity contribution in [3.05, 3.63) is 29.8 Å². The number of carboxylic acid groups (broad SMARTS) is 1. The Labute approximate surface area is 137 Å². The average Bonchev–Trinajstić information content (AvgIpc) is 2.36. The molecule has 8 heteroatoms. The van der Waals surface area contributed by atoms with E-state index in [1.54, 1.807) is 12.1 Å². The molecular formula is C11H13N2NaO4S. The second-order valence-electron chi connectivity index (χ2n) is 3.36. The number of rotatable bonds is 5. The van der Waals surface area contributed by atoms with Crippen LogP contribution in [0.1, 0.15) is 10.4 Å². The third-order valence-electron chi connectivity index (χ3n) is 1.95. The van der Waals surface area contributed by atoms with Gasteiger partial charge in [-0.05, 0) is 18.2 Å². The number of carbonyl (C=O) groups excluding carboxylic acids is 2. The normalized spacial score (nSPS) is 9.11. The van der Waals surface area contributed by atoms with Gasteiger partial charge < -0.3 is 15.7 Å². The van der Waals surface area contributed by atoms with Gasteiger partial charge in [0.2, 0.25) is 5.91 Å². The number of amides is 2. The van der Waals surface area contributed by atoms with Gasteiger partial charge in [0.05, 0.1) is 5.75 Å². The van der Waals surface area contributed by atoms with Crippen LogP contribution in [0.15, 0.2) is 24.3 Å². The SMILES string of the molecule is O=C(O)CNC(=O)c1cccc(NC(=O)CS)c1.[NaH]. The molecule has 0 bridgehead atoms. The quantitative estimate of drug-likeness (QED) is 0.443. The summed E-state index contributed by atoms with van der Waals surface area (Å²) < 4.78 is 0. The van der Waals surface area contributed by atoms with Gasteiger partial charge in [-0.2, -0.15) is 12.6 Å². The van der Waals surface area contributed by atoms with E-state index >= 15 is 0 Å². The topological polar surface area (TPSA) is 95.5 Å². The maximum atomic E-state index is 11.6. The van der Waals surface area contributed by atoms with Crippen LogP contribution in [-0.4, -0.2) is 64.7 Å². The molecular weight excluding hydrogens is 279 g/mol. The third-order valence-corrected chi connectivity index (χ3v) is 2.24. The van der Waals surface area contributed by atoms with Crippen molar-refractivity contribution >= 4 is 65.7 Å². The second kappa shape index (κ2) is 8.98. The number of carboxylic acids is 1. The summed E-state index contributed by atoms with van der Waals surface area (Å²) in [6.45, 7) is -0.452. The van der Waals surface area contributed by atoms with Crippen molar-refractivity contribution in [1.29, 1.82) is 0 Å². The molecule has 0 radical (unpaired) electrons. The molecule has 1 aromatic carbocycles. The zero-order chi connectivity index (χ0) is 13.5. The van der Waals surface area contributed by atoms with E-state index in [1.807, 2.05) is 0 Å². The van der Waals surface area contributed by atoms with Crippen LogP contribution in [0.5, 0.6) is 0 Å². The van der Waals surface area contributed by atoms with Gasteiger partial charge in [0.1, 0.15) is 6.54 Å². The number of hydrogen-bond donors (Lipinski definition) is 4. The third kappa shape index (κ3) is 6.63. The minimum atomic E-state index is -1.12. The van der Waals surface area contributed by atoms with E-state index in [-0.39, 0.29) is 46.8 Å². The van der Waals surface area contributed by atoms with E-state index in [4.69, 9.17) is 5.11 Å². The molecule has 98 valence electrons. The van der Waals surface area contributed by atoms with Gasteiger partial charge in [-0.15, -0.1) is 0 Å². The second-order valence-corrected chi connectivity index (χ2v) is 3.68. The molecule has 0 heterocycles. The first-order chi connectivity index (χ1) is 8.52. The maximum absolute atomic E-state index is 11.6. The molecule has 3 N–H and O–H groups in total. The van der Waals surface area contributed by atoms with Crippen LogP contribution in [0.2, 0.25) is 0 Å². The summed E-state index contributed by atoms with van der Waals surface area (Å²) in [4.78, 5) is 33.0. The molecule has 0 fully saturated rings. The van der Waals surface area contributed by atoms with Gasteiger partial charge in [0, 0.05) is 11.3 Å². The zero-order valence-corrected chi connectivity index (χ0v) is 10.2. The monoisotopic (exact) mass is 292 g/mol. The van der Waals surface area contributed by atoms with Crippen LogP contribution >= 0.6 is 12.6 Å². The molecule has 0 saturated carbocycles. The van der Waals surface area contributed by atoms with Crippen LogP contribution in [0, 0.1) is 0 Å². The number of anilines is 1. The van der Waals surface area contributed by atoms with Crippen molar-refractivity contribution in [2.24, 2.45) is 0 Å². The first-order valence-corrected chi connectivity index (χ1v) is 5.67. The summed E-state index contributed by atoms with van der Waals surface area (Å²) in [5.74, 6) is -1.89. The molecule has 1 rings (SSSR count). The molecule has 0 aliphatic carbocycles. The Morgan fingerprint density at radius 3 is 2.53 bits per heavy atom. The van der Waals surface area contributed by atoms with E-state index in [1.165, 1.54) is 12.1 Å². The Morgan fingerprint density at radius 2 is 1.95 bits per heavy atom. The molecule has 19 heavy (non-hydrogen) atoms. The Hall–Kier alpha value is -1.02. The van der Waals surface area contributed by atoms with Crippen LogP contribution in [0.3, 0.4) is 0 Å². The molecule has 0 aliphatic heterocycles. The molecule has 0 spiro atoms. The standard InChI is InChI=1S/C11H12N2O4S.Na.H/c14-9(6-18)13-8-3-1-2-7(4-8)11(17)12-5-10(15)16;;/h1-4,18H,5-6H2,(H,12,17)(H,13,14)(H,15,16);;. The van der Waals surface area contributed by atoms with Crippen LogP contribution < -0.4 is 10.6 Å². The van der Waals surface area contributed by atoms with Gasteiger partial charge in [0.15, 0.2) is 0 Å². The number of thiol groups is 1. The van der Waals surface area contributed by atoms with Crippen molar-refractivity contribution in [2.45, 2.75) is 0 Å². The minimum absolute atomic E-state index is 0. The molecule has 2 amide bonds. The van der Waals surface area contributed by atoms with Gasteiger partial charge in [-0.3, -0.25) is 14.4 Å². The number of aliphatic carboxylic acids is 1. The molecule has 1 aromatic rings. The van der Waals surface area contributed by atoms with Crippen molar-refractivity contribution in [3.63, 3.8) is 0 Å². The van der Waals surface area contributed by atoms with Gasteiger partial charge >= 0.3 is 35.5 Å². The Morgan fingerprint density at radius 1 is 1.26 bits per heavy atom. The average molecular weight is 292 g/mol. The van der Waals surface area contributed by atoms with Crippen LogP contribution in [0.25, 0.3) is 0 Å². The van der Waals surface area contributed by atoms with Gasteiger partial charge in [0.25, 0.3) is 5.91 Å². The Balaban J connectivity index is 0.00000324. The number of nitrogens with one attached hydrogen (secondary N) is 2. The number of hydrogen-bond acceptors (Lipinski definition) is 4. The summed E-state index contributed by atoms with van der Waals surface area (Å²) in [6.07, 6.45) is 0. The van der Waals surface area contributed by atoms with E-state index < -0.39 is 18.4 Å². The van der Waals surface area contributed by atoms with Crippen molar-refractivity contribution in [2.75, 3.05) is 17.6 Å². The van der Waals surface area contributed by atoms with E-state index in [9.17, 15) is 14.4 Å². The fourth-order valence-corrected chi connectivity index (χ4v) is 1.28. The Kier molecular flexibility index (Phi) is 8.49. The molecule has 6 nitrogen and oxygen atoms in total. The molecule has 0 aliphatic rings. The van der Waals surface area contributed by atoms with Gasteiger partial charge in [-0.25, -0.2) is 0 Å². The molecule has 0 aromatic heterocycles. The molecule has 0 saturated heterocycles. The zero-order valence-electron chi connectivity index (χ0n) is 9.34. The van der Waals surface area contributed by atoms with Crippen LogP contribution in [-0.2, 0) is 9.59 Å². The first-order valence-electron chi connectivity index (χ1n) is 5.03. The fraction of sp³-hybridized carbons (Fsp3) is 0.182. The van der Waals surface area contributed by atoms with E-state index in [0.29, 0.717) is 5.69 Å².